The average molecular weight is 306 g/mol. The van der Waals surface area contributed by atoms with E-state index in [2.05, 4.69) is 9.88 Å². The summed E-state index contributed by atoms with van der Waals surface area (Å²) in [6, 6.07) is 6.86. The number of aromatic nitrogens is 1. The van der Waals surface area contributed by atoms with Crippen LogP contribution in [0.15, 0.2) is 29.6 Å². The van der Waals surface area contributed by atoms with E-state index < -0.39 is 5.97 Å². The van der Waals surface area contributed by atoms with Gasteiger partial charge in [0.1, 0.15) is 5.01 Å². The third-order valence-corrected chi connectivity index (χ3v) is 4.13. The Morgan fingerprint density at radius 3 is 2.57 bits per heavy atom. The van der Waals surface area contributed by atoms with Gasteiger partial charge in [-0.25, -0.2) is 9.78 Å². The maximum Gasteiger partial charge on any atom is 0.335 e. The van der Waals surface area contributed by atoms with Gasteiger partial charge in [0, 0.05) is 18.1 Å². The first-order chi connectivity index (χ1) is 10.0. The van der Waals surface area contributed by atoms with Crippen LogP contribution in [0.4, 0.5) is 0 Å². The first kappa shape index (κ1) is 15.6. The Bertz CT molecular complexity index is 608. The van der Waals surface area contributed by atoms with E-state index >= 15 is 0 Å². The number of aromatic carboxylic acids is 1. The van der Waals surface area contributed by atoms with E-state index in [0.717, 1.165) is 16.3 Å². The Hall–Kier alpha value is -1.76. The molecule has 1 heterocycles. The Labute approximate surface area is 127 Å². The van der Waals surface area contributed by atoms with Crippen molar-refractivity contribution in [1.29, 1.82) is 0 Å². The van der Waals surface area contributed by atoms with Gasteiger partial charge in [0.05, 0.1) is 23.9 Å². The number of hydrogen-bond acceptors (Lipinski definition) is 5. The summed E-state index contributed by atoms with van der Waals surface area (Å²) in [5.74, 6) is -0.923. The van der Waals surface area contributed by atoms with E-state index in [1.807, 2.05) is 19.5 Å². The Morgan fingerprint density at radius 2 is 2.05 bits per heavy atom. The second-order valence-corrected chi connectivity index (χ2v) is 5.78. The number of ether oxygens (including phenoxy) is 1. The minimum Gasteiger partial charge on any atom is -0.478 e. The smallest absolute Gasteiger partial charge is 0.335 e. The summed E-state index contributed by atoms with van der Waals surface area (Å²) in [4.78, 5) is 17.6. The molecular formula is C15H18N2O3S. The highest BCUT2D eigenvalue weighted by Gasteiger charge is 2.18. The molecule has 0 radical (unpaired) electrons. The van der Waals surface area contributed by atoms with Crippen LogP contribution in [-0.2, 0) is 4.74 Å². The van der Waals surface area contributed by atoms with Gasteiger partial charge in [0.15, 0.2) is 0 Å². The molecule has 2 aromatic rings. The SMILES string of the molecule is COCC(c1nc(-c2ccc(C(=O)O)cc2)cs1)N(C)C. The molecule has 1 N–H and O–H groups in total. The van der Waals surface area contributed by atoms with Crippen LogP contribution in [0.3, 0.4) is 0 Å². The average Bonchev–Trinajstić information content (AvgIpc) is 2.94. The van der Waals surface area contributed by atoms with Crippen molar-refractivity contribution < 1.29 is 14.6 Å². The number of carbonyl (C=O) groups is 1. The number of methoxy groups -OCH3 is 1. The Balaban J connectivity index is 2.24. The van der Waals surface area contributed by atoms with Gasteiger partial charge in [-0.1, -0.05) is 12.1 Å². The maximum absolute atomic E-state index is 10.9. The van der Waals surface area contributed by atoms with Crippen LogP contribution in [0.2, 0.25) is 0 Å². The van der Waals surface area contributed by atoms with Crippen molar-refractivity contribution in [3.05, 3.63) is 40.2 Å². The van der Waals surface area contributed by atoms with Crippen LogP contribution in [0.25, 0.3) is 11.3 Å². The molecule has 6 heteroatoms. The van der Waals surface area contributed by atoms with Crippen molar-refractivity contribution in [2.45, 2.75) is 6.04 Å². The number of benzene rings is 1. The van der Waals surface area contributed by atoms with Gasteiger partial charge in [0.25, 0.3) is 0 Å². The van der Waals surface area contributed by atoms with Crippen molar-refractivity contribution in [1.82, 2.24) is 9.88 Å². The van der Waals surface area contributed by atoms with E-state index in [1.165, 1.54) is 0 Å². The molecule has 112 valence electrons. The van der Waals surface area contributed by atoms with Crippen LogP contribution in [0.5, 0.6) is 0 Å². The lowest BCUT2D eigenvalue weighted by Crippen LogP contribution is -2.23. The number of likely N-dealkylation sites (N-methyl/N-ethyl adjacent to an activating group) is 1. The van der Waals surface area contributed by atoms with E-state index in [-0.39, 0.29) is 11.6 Å². The summed E-state index contributed by atoms with van der Waals surface area (Å²) in [6.07, 6.45) is 0. The zero-order valence-corrected chi connectivity index (χ0v) is 13.1. The quantitative estimate of drug-likeness (QED) is 0.889. The highest BCUT2D eigenvalue weighted by Crippen LogP contribution is 2.28. The van der Waals surface area contributed by atoms with Crippen molar-refractivity contribution in [3.8, 4) is 11.3 Å². The van der Waals surface area contributed by atoms with Crippen molar-refractivity contribution in [3.63, 3.8) is 0 Å². The van der Waals surface area contributed by atoms with Crippen molar-refractivity contribution in [2.75, 3.05) is 27.8 Å². The molecule has 0 bridgehead atoms. The molecule has 0 saturated carbocycles. The summed E-state index contributed by atoms with van der Waals surface area (Å²) in [6.45, 7) is 0.581. The minimum atomic E-state index is -0.923. The van der Waals surface area contributed by atoms with E-state index in [0.29, 0.717) is 6.61 Å². The van der Waals surface area contributed by atoms with Gasteiger partial charge in [-0.2, -0.15) is 0 Å². The molecule has 21 heavy (non-hydrogen) atoms. The lowest BCUT2D eigenvalue weighted by molar-refractivity contribution is 0.0697. The summed E-state index contributed by atoms with van der Waals surface area (Å²) in [7, 11) is 5.66. The van der Waals surface area contributed by atoms with Gasteiger partial charge < -0.3 is 9.84 Å². The number of rotatable bonds is 6. The fourth-order valence-corrected chi connectivity index (χ4v) is 2.96. The molecule has 2 rings (SSSR count). The molecule has 0 spiro atoms. The van der Waals surface area contributed by atoms with E-state index in [4.69, 9.17) is 9.84 Å². The molecular weight excluding hydrogens is 288 g/mol. The molecule has 0 aliphatic carbocycles. The number of thiazole rings is 1. The molecule has 0 aliphatic rings. The summed E-state index contributed by atoms with van der Waals surface area (Å²) < 4.78 is 5.24. The third-order valence-electron chi connectivity index (χ3n) is 3.18. The third kappa shape index (κ3) is 3.66. The highest BCUT2D eigenvalue weighted by atomic mass is 32.1. The predicted molar refractivity (Wildman–Crippen MR) is 82.8 cm³/mol. The van der Waals surface area contributed by atoms with Crippen LogP contribution >= 0.6 is 11.3 Å². The van der Waals surface area contributed by atoms with Crippen LogP contribution in [0.1, 0.15) is 21.4 Å². The van der Waals surface area contributed by atoms with E-state index in [9.17, 15) is 4.79 Å². The van der Waals surface area contributed by atoms with Crippen LogP contribution in [0, 0.1) is 0 Å². The normalized spacial score (nSPS) is 12.6. The van der Waals surface area contributed by atoms with Gasteiger partial charge in [-0.05, 0) is 26.2 Å². The fraction of sp³-hybridized carbons (Fsp3) is 0.333. The molecule has 5 nitrogen and oxygen atoms in total. The lowest BCUT2D eigenvalue weighted by atomic mass is 10.1. The standard InChI is InChI=1S/C15H18N2O3S/c1-17(2)13(8-20-3)14-16-12(9-21-14)10-4-6-11(7-5-10)15(18)19/h4-7,9,13H,8H2,1-3H3,(H,18,19). The van der Waals surface area contributed by atoms with Crippen LogP contribution in [-0.4, -0.2) is 48.8 Å². The van der Waals surface area contributed by atoms with E-state index in [1.54, 1.807) is 42.7 Å². The lowest BCUT2D eigenvalue weighted by Gasteiger charge is -2.20. The summed E-state index contributed by atoms with van der Waals surface area (Å²) in [5, 5.41) is 11.9. The zero-order valence-electron chi connectivity index (χ0n) is 12.2. The molecule has 1 aromatic carbocycles. The highest BCUT2D eigenvalue weighted by molar-refractivity contribution is 7.10. The fourth-order valence-electron chi connectivity index (χ4n) is 1.96. The predicted octanol–water partition coefficient (Wildman–Crippen LogP) is 2.76. The number of carboxylic acids is 1. The molecule has 1 aromatic heterocycles. The molecule has 0 fully saturated rings. The Morgan fingerprint density at radius 1 is 1.38 bits per heavy atom. The molecule has 0 aliphatic heterocycles. The summed E-state index contributed by atoms with van der Waals surface area (Å²) >= 11 is 1.58. The van der Waals surface area contributed by atoms with Gasteiger partial charge in [0.2, 0.25) is 0 Å². The first-order valence-electron chi connectivity index (χ1n) is 6.47. The largest absolute Gasteiger partial charge is 0.478 e. The molecule has 1 unspecified atom stereocenters. The zero-order chi connectivity index (χ0) is 15.4. The van der Waals surface area contributed by atoms with Crippen LogP contribution < -0.4 is 0 Å². The van der Waals surface area contributed by atoms with Crippen molar-refractivity contribution in [2.24, 2.45) is 0 Å². The van der Waals surface area contributed by atoms with Crippen molar-refractivity contribution >= 4 is 17.3 Å². The second kappa shape index (κ2) is 6.80. The molecule has 1 atom stereocenters. The number of hydrogen-bond donors (Lipinski definition) is 1. The number of carboxylic acid groups (broad SMARTS) is 1. The summed E-state index contributed by atoms with van der Waals surface area (Å²) in [5.41, 5.74) is 2.05. The van der Waals surface area contributed by atoms with Gasteiger partial charge >= 0.3 is 5.97 Å². The number of nitrogens with zero attached hydrogens (tertiary/aromatic N) is 2. The van der Waals surface area contributed by atoms with Gasteiger partial charge in [-0.15, -0.1) is 11.3 Å². The minimum absolute atomic E-state index is 0.118. The first-order valence-corrected chi connectivity index (χ1v) is 7.35. The maximum atomic E-state index is 10.9. The monoisotopic (exact) mass is 306 g/mol. The molecule has 0 saturated heterocycles. The topological polar surface area (TPSA) is 62.7 Å². The second-order valence-electron chi connectivity index (χ2n) is 4.89. The Kier molecular flexibility index (Phi) is 5.06. The van der Waals surface area contributed by atoms with Gasteiger partial charge in [-0.3, -0.25) is 4.90 Å². The molecule has 0 amide bonds.